The fourth-order valence-corrected chi connectivity index (χ4v) is 8.30. The molecule has 0 saturated carbocycles. The van der Waals surface area contributed by atoms with Crippen LogP contribution in [0.15, 0.2) is 109 Å². The molecule has 0 spiro atoms. The van der Waals surface area contributed by atoms with Gasteiger partial charge in [0.1, 0.15) is 0 Å². The summed E-state index contributed by atoms with van der Waals surface area (Å²) in [6, 6.07) is 38.3. The quantitative estimate of drug-likeness (QED) is 0.267. The Balaban J connectivity index is 0. The predicted octanol–water partition coefficient (Wildman–Crippen LogP) is 4.48. The molecule has 0 atom stereocenters. The van der Waals surface area contributed by atoms with Crippen molar-refractivity contribution in [2.45, 2.75) is 0 Å². The normalized spacial score (nSPS) is 8.76. The second-order valence-corrected chi connectivity index (χ2v) is 14.0. The maximum atomic E-state index is 5.15. The Kier molecular flexibility index (Phi) is 22.0. The van der Waals surface area contributed by atoms with Crippen LogP contribution in [-0.2, 0) is 0 Å². The topological polar surface area (TPSA) is 18.5 Å². The minimum absolute atomic E-state index is 0. The van der Waals surface area contributed by atoms with Gasteiger partial charge in [-0.1, -0.05) is 0 Å². The molecule has 0 amide bonds. The third-order valence-electron chi connectivity index (χ3n) is 4.45. The molecule has 8 heteroatoms. The Morgan fingerprint density at radius 2 is 0.794 bits per heavy atom. The molecule has 34 heavy (non-hydrogen) atoms. The monoisotopic (exact) mass is 894 g/mol. The molecule has 0 radical (unpaired) electrons. The molecule has 4 aromatic rings. The van der Waals surface area contributed by atoms with Crippen LogP contribution in [0.1, 0.15) is 0 Å². The van der Waals surface area contributed by atoms with Crippen molar-refractivity contribution in [3.8, 4) is 11.5 Å². The Morgan fingerprint density at radius 3 is 1.09 bits per heavy atom. The summed E-state index contributed by atoms with van der Waals surface area (Å²) < 4.78 is 16.2. The standard InChI is InChI=1S/C14H14O2Te.C12H12Ge.4BrH/c1-15-11-3-7-13(8-4-11)17-14-9-5-12(16-2)6-10-14;1-3-7-11(8-4-1)13-12-9-5-2-6-10-12;;;;/h3-10H,1-2H3;1-10H,13H2;4*1H. The molecule has 4 aromatic carbocycles. The molecule has 0 aliphatic rings. The summed E-state index contributed by atoms with van der Waals surface area (Å²) in [7, 11) is 3.38. The van der Waals surface area contributed by atoms with Gasteiger partial charge in [0.15, 0.2) is 0 Å². The first-order chi connectivity index (χ1) is 14.8. The van der Waals surface area contributed by atoms with E-state index in [4.69, 9.17) is 9.47 Å². The second kappa shape index (κ2) is 20.9. The maximum absolute atomic E-state index is 5.15. The van der Waals surface area contributed by atoms with Crippen LogP contribution in [0, 0.1) is 0 Å². The van der Waals surface area contributed by atoms with Gasteiger partial charge in [-0.2, -0.15) is 0 Å². The number of benzene rings is 4. The van der Waals surface area contributed by atoms with Crippen molar-refractivity contribution in [2.75, 3.05) is 14.2 Å². The van der Waals surface area contributed by atoms with Crippen LogP contribution in [0.3, 0.4) is 0 Å². The Hall–Kier alpha value is -0.268. The van der Waals surface area contributed by atoms with Crippen molar-refractivity contribution in [1.82, 2.24) is 0 Å². The molecule has 0 N–H and O–H groups in total. The zero-order valence-electron chi connectivity index (χ0n) is 19.0. The van der Waals surface area contributed by atoms with Crippen molar-refractivity contribution in [3.05, 3.63) is 109 Å². The number of hydrogen-bond donors (Lipinski definition) is 0. The van der Waals surface area contributed by atoms with Gasteiger partial charge in [-0.15, -0.1) is 67.9 Å². The van der Waals surface area contributed by atoms with Crippen molar-refractivity contribution in [3.63, 3.8) is 0 Å². The second-order valence-electron chi connectivity index (χ2n) is 6.60. The van der Waals surface area contributed by atoms with E-state index >= 15 is 0 Å². The average Bonchev–Trinajstić information content (AvgIpc) is 2.82. The minimum atomic E-state index is -0.676. The van der Waals surface area contributed by atoms with E-state index < -0.39 is 15.4 Å². The number of rotatable bonds is 6. The van der Waals surface area contributed by atoms with Crippen LogP contribution in [0.25, 0.3) is 0 Å². The molecule has 0 aromatic heterocycles. The van der Waals surface area contributed by atoms with Gasteiger partial charge >= 0.3 is 197 Å². The summed E-state index contributed by atoms with van der Waals surface area (Å²) in [5, 5.41) is 0. The molecule has 0 fully saturated rings. The van der Waals surface area contributed by atoms with Gasteiger partial charge < -0.3 is 0 Å². The first kappa shape index (κ1) is 35.9. The van der Waals surface area contributed by atoms with Crippen molar-refractivity contribution >= 4 is 120 Å². The summed E-state index contributed by atoms with van der Waals surface area (Å²) >= 11 is -0.985. The third kappa shape index (κ3) is 13.2. The zero-order valence-corrected chi connectivity index (χ0v) is 31.1. The number of methoxy groups -OCH3 is 2. The molecule has 0 aliphatic carbocycles. The van der Waals surface area contributed by atoms with Crippen molar-refractivity contribution < 1.29 is 9.47 Å². The number of hydrogen-bond acceptors (Lipinski definition) is 2. The Morgan fingerprint density at radius 1 is 0.471 bits per heavy atom. The van der Waals surface area contributed by atoms with E-state index in [0.717, 1.165) is 11.5 Å². The van der Waals surface area contributed by atoms with E-state index in [1.54, 1.807) is 23.0 Å². The molecule has 0 aliphatic heterocycles. The number of ether oxygens (including phenoxy) is 2. The molecule has 0 heterocycles. The van der Waals surface area contributed by atoms with Crippen molar-refractivity contribution in [2.24, 2.45) is 0 Å². The molecule has 0 unspecified atom stereocenters. The van der Waals surface area contributed by atoms with E-state index in [0.29, 0.717) is 0 Å². The van der Waals surface area contributed by atoms with E-state index in [2.05, 4.69) is 84.9 Å². The summed E-state index contributed by atoms with van der Waals surface area (Å²) in [6.07, 6.45) is 0. The van der Waals surface area contributed by atoms with Crippen LogP contribution in [0.5, 0.6) is 11.5 Å². The van der Waals surface area contributed by atoms with Gasteiger partial charge in [0.25, 0.3) is 0 Å². The van der Waals surface area contributed by atoms with E-state index in [1.165, 1.54) is 7.22 Å². The van der Waals surface area contributed by atoms with E-state index in [-0.39, 0.29) is 88.8 Å². The predicted molar refractivity (Wildman–Crippen MR) is 173 cm³/mol. The first-order valence-electron chi connectivity index (χ1n) is 9.80. The van der Waals surface area contributed by atoms with E-state index in [1.807, 2.05) is 24.3 Å². The molecule has 0 saturated heterocycles. The van der Waals surface area contributed by atoms with Crippen LogP contribution in [0.4, 0.5) is 0 Å². The van der Waals surface area contributed by atoms with Gasteiger partial charge in [0.2, 0.25) is 0 Å². The van der Waals surface area contributed by atoms with Crippen LogP contribution >= 0.6 is 67.9 Å². The summed E-state index contributed by atoms with van der Waals surface area (Å²) in [4.78, 5) is 0. The average molecular weight is 894 g/mol. The molecule has 0 bridgehead atoms. The number of halogens is 4. The van der Waals surface area contributed by atoms with Crippen LogP contribution in [-0.4, -0.2) is 50.6 Å². The molecular formula is C26H30Br4GeO2Te. The molecule has 184 valence electrons. The zero-order chi connectivity index (χ0) is 21.0. The van der Waals surface area contributed by atoms with Crippen LogP contribution < -0.4 is 25.5 Å². The Labute approximate surface area is 261 Å². The summed E-state index contributed by atoms with van der Waals surface area (Å²) in [5.74, 6) is 1.83. The van der Waals surface area contributed by atoms with Crippen molar-refractivity contribution in [1.29, 1.82) is 0 Å². The van der Waals surface area contributed by atoms with Gasteiger partial charge in [-0.05, 0) is 0 Å². The van der Waals surface area contributed by atoms with Gasteiger partial charge in [-0.25, -0.2) is 0 Å². The van der Waals surface area contributed by atoms with Gasteiger partial charge in [-0.3, -0.25) is 0 Å². The molecular weight excluding hydrogens is 864 g/mol. The fourth-order valence-electron chi connectivity index (χ4n) is 2.85. The van der Waals surface area contributed by atoms with Gasteiger partial charge in [0.05, 0.1) is 0 Å². The van der Waals surface area contributed by atoms with Gasteiger partial charge in [0, 0.05) is 0 Å². The SMILES string of the molecule is Br.Br.Br.Br.COc1ccc([Te]c2ccc(OC)cc2)cc1.c1cc[c]([GeH2][c]2ccccc2)cc1. The summed E-state index contributed by atoms with van der Waals surface area (Å²) in [5.41, 5.74) is 0. The third-order valence-corrected chi connectivity index (χ3v) is 11.0. The first-order valence-corrected chi connectivity index (χ1v) is 15.1. The fraction of sp³-hybridized carbons (Fsp3) is 0.0769. The van der Waals surface area contributed by atoms with E-state index in [9.17, 15) is 0 Å². The molecule has 4 rings (SSSR count). The molecule has 2 nitrogen and oxygen atoms in total. The van der Waals surface area contributed by atoms with Crippen LogP contribution in [0.2, 0.25) is 0 Å². The summed E-state index contributed by atoms with van der Waals surface area (Å²) in [6.45, 7) is 0. The Bertz CT molecular complexity index is 923.